The van der Waals surface area contributed by atoms with E-state index in [9.17, 15) is 14.7 Å². The van der Waals surface area contributed by atoms with Gasteiger partial charge in [0.05, 0.1) is 0 Å². The maximum absolute atomic E-state index is 11.4. The quantitative estimate of drug-likeness (QED) is 0.420. The Morgan fingerprint density at radius 1 is 0.952 bits per heavy atom. The minimum atomic E-state index is -1.23. The average molecular weight is 304 g/mol. The third-order valence-corrected chi connectivity index (χ3v) is 2.93. The van der Waals surface area contributed by atoms with Gasteiger partial charge in [0, 0.05) is 6.42 Å². The van der Waals surface area contributed by atoms with E-state index in [4.69, 9.17) is 9.84 Å². The van der Waals surface area contributed by atoms with E-state index >= 15 is 0 Å². The molecule has 0 heterocycles. The lowest BCUT2D eigenvalue weighted by atomic mass is 10.1. The number of rotatable bonds is 12. The Morgan fingerprint density at radius 3 is 2.14 bits per heavy atom. The van der Waals surface area contributed by atoms with Crippen LogP contribution in [-0.4, -0.2) is 47.6 Å². The highest BCUT2D eigenvalue weighted by Crippen LogP contribution is 2.07. The van der Waals surface area contributed by atoms with Gasteiger partial charge in [-0.05, 0) is 13.3 Å². The van der Waals surface area contributed by atoms with Gasteiger partial charge in [0.15, 0.2) is 0 Å². The van der Waals surface area contributed by atoms with Crippen LogP contribution in [0.4, 0.5) is 0 Å². The second-order valence-electron chi connectivity index (χ2n) is 5.16. The standard InChI is InChI=1S/C15H28O6/c1-3-4-5-6-7-8-9-14(18)20-10-13(17)11-21-15(19)12(2)16/h12-13,16-17H,3-11H2,1-2H3. The van der Waals surface area contributed by atoms with Gasteiger partial charge in [-0.25, -0.2) is 4.79 Å². The molecule has 0 rings (SSSR count). The number of carbonyl (C=O) groups is 2. The molecule has 2 unspecified atom stereocenters. The summed E-state index contributed by atoms with van der Waals surface area (Å²) in [6.07, 6.45) is 4.57. The largest absolute Gasteiger partial charge is 0.463 e. The first-order valence-electron chi connectivity index (χ1n) is 7.65. The molecule has 124 valence electrons. The summed E-state index contributed by atoms with van der Waals surface area (Å²) >= 11 is 0. The summed E-state index contributed by atoms with van der Waals surface area (Å²) in [6.45, 7) is 2.92. The molecule has 0 aliphatic heterocycles. The topological polar surface area (TPSA) is 93.1 Å². The van der Waals surface area contributed by atoms with E-state index in [0.717, 1.165) is 19.3 Å². The SMILES string of the molecule is CCCCCCCCC(=O)OCC(O)COC(=O)C(C)O. The van der Waals surface area contributed by atoms with Gasteiger partial charge in [-0.2, -0.15) is 0 Å². The van der Waals surface area contributed by atoms with Crippen molar-refractivity contribution in [3.8, 4) is 0 Å². The normalized spacial score (nSPS) is 13.5. The number of unbranched alkanes of at least 4 members (excludes halogenated alkanes) is 5. The monoisotopic (exact) mass is 304 g/mol. The molecule has 0 bridgehead atoms. The summed E-state index contributed by atoms with van der Waals surface area (Å²) in [6, 6.07) is 0. The zero-order valence-electron chi connectivity index (χ0n) is 13.0. The van der Waals surface area contributed by atoms with Crippen LogP contribution in [-0.2, 0) is 19.1 Å². The summed E-state index contributed by atoms with van der Waals surface area (Å²) in [4.78, 5) is 22.3. The molecule has 0 aromatic carbocycles. The molecule has 0 fully saturated rings. The molecule has 0 aliphatic rings. The van der Waals surface area contributed by atoms with Crippen molar-refractivity contribution in [2.24, 2.45) is 0 Å². The molecule has 6 nitrogen and oxygen atoms in total. The molecule has 0 radical (unpaired) electrons. The maximum atomic E-state index is 11.4. The maximum Gasteiger partial charge on any atom is 0.334 e. The Labute approximate surface area is 126 Å². The average Bonchev–Trinajstić information content (AvgIpc) is 2.45. The van der Waals surface area contributed by atoms with Gasteiger partial charge in [-0.3, -0.25) is 4.79 Å². The molecule has 0 spiro atoms. The fraction of sp³-hybridized carbons (Fsp3) is 0.867. The van der Waals surface area contributed by atoms with E-state index in [-0.39, 0.29) is 19.2 Å². The van der Waals surface area contributed by atoms with Crippen molar-refractivity contribution in [3.05, 3.63) is 0 Å². The Bertz CT molecular complexity index is 290. The van der Waals surface area contributed by atoms with Crippen LogP contribution in [0.1, 0.15) is 58.8 Å². The lowest BCUT2D eigenvalue weighted by molar-refractivity contribution is -0.158. The van der Waals surface area contributed by atoms with Gasteiger partial charge in [0.25, 0.3) is 0 Å². The Hall–Kier alpha value is -1.14. The molecular weight excluding hydrogens is 276 g/mol. The smallest absolute Gasteiger partial charge is 0.334 e. The van der Waals surface area contributed by atoms with Crippen LogP contribution in [0.2, 0.25) is 0 Å². The Kier molecular flexibility index (Phi) is 11.9. The number of ether oxygens (including phenoxy) is 2. The number of carbonyl (C=O) groups excluding carboxylic acids is 2. The number of aliphatic hydroxyl groups is 2. The van der Waals surface area contributed by atoms with E-state index in [1.807, 2.05) is 0 Å². The molecule has 0 aromatic heterocycles. The van der Waals surface area contributed by atoms with Gasteiger partial charge >= 0.3 is 11.9 Å². The molecule has 2 N–H and O–H groups in total. The van der Waals surface area contributed by atoms with Crippen LogP contribution in [0.3, 0.4) is 0 Å². The predicted octanol–water partition coefficient (Wildman–Crippen LogP) is 1.57. The highest BCUT2D eigenvalue weighted by molar-refractivity contribution is 5.73. The van der Waals surface area contributed by atoms with E-state index < -0.39 is 18.2 Å². The van der Waals surface area contributed by atoms with Crippen molar-refractivity contribution in [2.45, 2.75) is 71.0 Å². The van der Waals surface area contributed by atoms with Crippen LogP contribution in [0, 0.1) is 0 Å². The van der Waals surface area contributed by atoms with Crippen LogP contribution >= 0.6 is 0 Å². The molecule has 0 amide bonds. The van der Waals surface area contributed by atoms with Gasteiger partial charge in [0.1, 0.15) is 25.4 Å². The third-order valence-electron chi connectivity index (χ3n) is 2.93. The number of hydrogen-bond acceptors (Lipinski definition) is 6. The fourth-order valence-corrected chi connectivity index (χ4v) is 1.66. The van der Waals surface area contributed by atoms with Gasteiger partial charge in [0.2, 0.25) is 0 Å². The summed E-state index contributed by atoms with van der Waals surface area (Å²) in [5.41, 5.74) is 0. The molecule has 0 aliphatic carbocycles. The van der Waals surface area contributed by atoms with Gasteiger partial charge < -0.3 is 19.7 Å². The highest BCUT2D eigenvalue weighted by Gasteiger charge is 2.14. The van der Waals surface area contributed by atoms with Crippen LogP contribution in [0.15, 0.2) is 0 Å². The van der Waals surface area contributed by atoms with Crippen molar-refractivity contribution >= 4 is 11.9 Å². The molecule has 0 aromatic rings. The van der Waals surface area contributed by atoms with Gasteiger partial charge in [-0.1, -0.05) is 39.0 Å². The van der Waals surface area contributed by atoms with Crippen molar-refractivity contribution < 1.29 is 29.3 Å². The van der Waals surface area contributed by atoms with Crippen molar-refractivity contribution in [3.63, 3.8) is 0 Å². The van der Waals surface area contributed by atoms with Gasteiger partial charge in [-0.15, -0.1) is 0 Å². The zero-order valence-corrected chi connectivity index (χ0v) is 13.0. The highest BCUT2D eigenvalue weighted by atomic mass is 16.6. The molecule has 2 atom stereocenters. The minimum absolute atomic E-state index is 0.207. The first-order valence-corrected chi connectivity index (χ1v) is 7.65. The van der Waals surface area contributed by atoms with Crippen LogP contribution in [0.25, 0.3) is 0 Å². The molecule has 0 saturated carbocycles. The lowest BCUT2D eigenvalue weighted by Crippen LogP contribution is -2.28. The Balaban J connectivity index is 3.52. The van der Waals surface area contributed by atoms with Crippen molar-refractivity contribution in [1.82, 2.24) is 0 Å². The first-order chi connectivity index (χ1) is 9.97. The van der Waals surface area contributed by atoms with Crippen molar-refractivity contribution in [2.75, 3.05) is 13.2 Å². The summed E-state index contributed by atoms with van der Waals surface area (Å²) in [5, 5.41) is 18.3. The summed E-state index contributed by atoms with van der Waals surface area (Å²) < 4.78 is 9.48. The third kappa shape index (κ3) is 12.3. The minimum Gasteiger partial charge on any atom is -0.463 e. The van der Waals surface area contributed by atoms with E-state index in [1.54, 1.807) is 0 Å². The first kappa shape index (κ1) is 19.9. The summed E-state index contributed by atoms with van der Waals surface area (Å²) in [5.74, 6) is -1.17. The number of hydrogen-bond donors (Lipinski definition) is 2. The Morgan fingerprint density at radius 2 is 1.52 bits per heavy atom. The second kappa shape index (κ2) is 12.6. The molecular formula is C15H28O6. The molecule has 21 heavy (non-hydrogen) atoms. The van der Waals surface area contributed by atoms with E-state index in [0.29, 0.717) is 6.42 Å². The fourth-order valence-electron chi connectivity index (χ4n) is 1.66. The van der Waals surface area contributed by atoms with Crippen LogP contribution in [0.5, 0.6) is 0 Å². The number of esters is 2. The zero-order chi connectivity index (χ0) is 16.1. The summed E-state index contributed by atoms with van der Waals surface area (Å²) in [7, 11) is 0. The molecule has 6 heteroatoms. The predicted molar refractivity (Wildman–Crippen MR) is 77.6 cm³/mol. The van der Waals surface area contributed by atoms with E-state index in [1.165, 1.54) is 26.2 Å². The van der Waals surface area contributed by atoms with E-state index in [2.05, 4.69) is 11.7 Å². The van der Waals surface area contributed by atoms with Crippen molar-refractivity contribution in [1.29, 1.82) is 0 Å². The van der Waals surface area contributed by atoms with Crippen LogP contribution < -0.4 is 0 Å². The molecule has 0 saturated heterocycles. The lowest BCUT2D eigenvalue weighted by Gasteiger charge is -2.12. The second-order valence-corrected chi connectivity index (χ2v) is 5.16. The number of aliphatic hydroxyl groups excluding tert-OH is 2.